The number of aromatic nitrogens is 3. The Labute approximate surface area is 138 Å². The Morgan fingerprint density at radius 1 is 1.04 bits per heavy atom. The van der Waals surface area contributed by atoms with Crippen LogP contribution < -0.4 is 5.73 Å². The molecule has 0 aliphatic carbocycles. The van der Waals surface area contributed by atoms with E-state index in [2.05, 4.69) is 15.2 Å². The molecule has 0 fully saturated rings. The molecule has 0 bridgehead atoms. The van der Waals surface area contributed by atoms with Crippen molar-refractivity contribution in [2.75, 3.05) is 0 Å². The number of halogens is 3. The van der Waals surface area contributed by atoms with Gasteiger partial charge in [0.2, 0.25) is 0 Å². The van der Waals surface area contributed by atoms with Crippen LogP contribution in [0.15, 0.2) is 42.6 Å². The molecule has 1 amide bonds. The first-order chi connectivity index (χ1) is 11.4. The summed E-state index contributed by atoms with van der Waals surface area (Å²) in [6, 6.07) is 8.67. The topological polar surface area (TPSA) is 81.8 Å². The minimum Gasteiger partial charge on any atom is -0.364 e. The molecule has 0 spiro atoms. The van der Waals surface area contributed by atoms with Crippen LogP contribution in [0.2, 0.25) is 0 Å². The zero-order chi connectivity index (χ0) is 17.3. The number of amides is 1. The molecule has 122 valence electrons. The fourth-order valence-electron chi connectivity index (χ4n) is 2.04. The van der Waals surface area contributed by atoms with Crippen molar-refractivity contribution in [2.45, 2.75) is 6.18 Å². The first-order valence-electron chi connectivity index (χ1n) is 6.62. The summed E-state index contributed by atoms with van der Waals surface area (Å²) in [7, 11) is 0. The van der Waals surface area contributed by atoms with E-state index in [1.807, 2.05) is 0 Å². The number of carbonyl (C=O) groups excluding carboxylic acids is 1. The SMILES string of the molecule is NC(=O)c1ncccc1-c1ccc(-c2ccc(C(F)(F)F)s2)nn1. The van der Waals surface area contributed by atoms with Crippen LogP contribution in [0.4, 0.5) is 13.2 Å². The lowest BCUT2D eigenvalue weighted by Gasteiger charge is -2.05. The molecule has 0 radical (unpaired) electrons. The van der Waals surface area contributed by atoms with Crippen molar-refractivity contribution in [2.24, 2.45) is 5.73 Å². The molecule has 3 rings (SSSR count). The highest BCUT2D eigenvalue weighted by Gasteiger charge is 2.32. The highest BCUT2D eigenvalue weighted by Crippen LogP contribution is 2.37. The summed E-state index contributed by atoms with van der Waals surface area (Å²) in [4.78, 5) is 14.9. The number of rotatable bonds is 3. The van der Waals surface area contributed by atoms with Gasteiger partial charge in [0.25, 0.3) is 5.91 Å². The summed E-state index contributed by atoms with van der Waals surface area (Å²) in [5.74, 6) is -0.704. The van der Waals surface area contributed by atoms with Crippen molar-refractivity contribution in [3.8, 4) is 21.8 Å². The molecule has 2 N–H and O–H groups in total. The third-order valence-electron chi connectivity index (χ3n) is 3.12. The predicted octanol–water partition coefficient (Wildman–Crippen LogP) is 3.38. The smallest absolute Gasteiger partial charge is 0.364 e. The summed E-state index contributed by atoms with van der Waals surface area (Å²) < 4.78 is 37.9. The molecule has 5 nitrogen and oxygen atoms in total. The van der Waals surface area contributed by atoms with Gasteiger partial charge in [-0.05, 0) is 36.4 Å². The van der Waals surface area contributed by atoms with Gasteiger partial charge in [-0.3, -0.25) is 9.78 Å². The van der Waals surface area contributed by atoms with E-state index in [-0.39, 0.29) is 5.69 Å². The van der Waals surface area contributed by atoms with Crippen LogP contribution in [0.5, 0.6) is 0 Å². The van der Waals surface area contributed by atoms with Crippen LogP contribution in [-0.2, 0) is 6.18 Å². The standard InChI is InChI=1S/C15H9F3N4OS/c16-15(17,18)12-6-5-11(24-12)10-4-3-9(21-22-10)8-2-1-7-20-13(8)14(19)23/h1-7H,(H2,19,23). The number of nitrogens with two attached hydrogens (primary N) is 1. The zero-order valence-corrected chi connectivity index (χ0v) is 12.7. The number of nitrogens with zero attached hydrogens (tertiary/aromatic N) is 3. The second-order valence-corrected chi connectivity index (χ2v) is 5.81. The van der Waals surface area contributed by atoms with Crippen LogP contribution in [-0.4, -0.2) is 21.1 Å². The Morgan fingerprint density at radius 3 is 2.33 bits per heavy atom. The molecule has 0 aliphatic heterocycles. The molecule has 0 saturated carbocycles. The Bertz CT molecular complexity index is 890. The molecule has 0 atom stereocenters. The van der Waals surface area contributed by atoms with Crippen molar-refractivity contribution in [1.82, 2.24) is 15.2 Å². The van der Waals surface area contributed by atoms with E-state index in [0.717, 1.165) is 6.07 Å². The number of hydrogen-bond donors (Lipinski definition) is 1. The lowest BCUT2D eigenvalue weighted by Crippen LogP contribution is -2.14. The van der Waals surface area contributed by atoms with E-state index in [1.54, 1.807) is 18.2 Å². The maximum Gasteiger partial charge on any atom is 0.425 e. The van der Waals surface area contributed by atoms with Crippen LogP contribution in [0.1, 0.15) is 15.4 Å². The number of alkyl halides is 3. The van der Waals surface area contributed by atoms with E-state index >= 15 is 0 Å². The number of thiophene rings is 1. The summed E-state index contributed by atoms with van der Waals surface area (Å²) in [6.07, 6.45) is -2.96. The van der Waals surface area contributed by atoms with Gasteiger partial charge in [0.05, 0.1) is 10.6 Å². The largest absolute Gasteiger partial charge is 0.425 e. The van der Waals surface area contributed by atoms with Crippen LogP contribution in [0.3, 0.4) is 0 Å². The van der Waals surface area contributed by atoms with Gasteiger partial charge in [-0.15, -0.1) is 21.5 Å². The van der Waals surface area contributed by atoms with E-state index in [4.69, 9.17) is 5.73 Å². The van der Waals surface area contributed by atoms with Gasteiger partial charge in [0.1, 0.15) is 16.3 Å². The molecular weight excluding hydrogens is 341 g/mol. The highest BCUT2D eigenvalue weighted by molar-refractivity contribution is 7.15. The summed E-state index contributed by atoms with van der Waals surface area (Å²) >= 11 is 0.589. The first-order valence-corrected chi connectivity index (χ1v) is 7.44. The number of primary amides is 1. The molecular formula is C15H9F3N4OS. The quantitative estimate of drug-likeness (QED) is 0.785. The minimum atomic E-state index is -4.39. The Hall–Kier alpha value is -2.81. The molecule has 3 heterocycles. The maximum absolute atomic E-state index is 12.6. The van der Waals surface area contributed by atoms with Gasteiger partial charge < -0.3 is 5.73 Å². The van der Waals surface area contributed by atoms with Crippen molar-refractivity contribution in [1.29, 1.82) is 0 Å². The zero-order valence-electron chi connectivity index (χ0n) is 11.9. The van der Waals surface area contributed by atoms with E-state index in [0.29, 0.717) is 33.2 Å². The van der Waals surface area contributed by atoms with E-state index < -0.39 is 17.0 Å². The second-order valence-electron chi connectivity index (χ2n) is 4.73. The molecule has 0 aliphatic rings. The van der Waals surface area contributed by atoms with Gasteiger partial charge >= 0.3 is 6.18 Å². The maximum atomic E-state index is 12.6. The van der Waals surface area contributed by atoms with Crippen molar-refractivity contribution < 1.29 is 18.0 Å². The molecule has 3 aromatic heterocycles. The summed E-state index contributed by atoms with van der Waals surface area (Å²) in [5, 5.41) is 7.90. The Balaban J connectivity index is 1.95. The number of hydrogen-bond acceptors (Lipinski definition) is 5. The molecule has 24 heavy (non-hydrogen) atoms. The number of pyridine rings is 1. The van der Waals surface area contributed by atoms with Gasteiger partial charge in [0, 0.05) is 11.8 Å². The minimum absolute atomic E-state index is 0.0510. The normalized spacial score (nSPS) is 11.5. The number of carbonyl (C=O) groups is 1. The summed E-state index contributed by atoms with van der Waals surface area (Å²) in [5.41, 5.74) is 6.39. The molecule has 3 aromatic rings. The lowest BCUT2D eigenvalue weighted by atomic mass is 10.1. The third-order valence-corrected chi connectivity index (χ3v) is 4.27. The van der Waals surface area contributed by atoms with Gasteiger partial charge in [0.15, 0.2) is 0 Å². The fourth-order valence-corrected chi connectivity index (χ4v) is 2.88. The first kappa shape index (κ1) is 16.1. The molecule has 9 heteroatoms. The molecule has 0 unspecified atom stereocenters. The monoisotopic (exact) mass is 350 g/mol. The average Bonchev–Trinajstić information content (AvgIpc) is 3.05. The molecule has 0 saturated heterocycles. The van der Waals surface area contributed by atoms with Gasteiger partial charge in [-0.1, -0.05) is 0 Å². The van der Waals surface area contributed by atoms with Gasteiger partial charge in [-0.2, -0.15) is 13.2 Å². The van der Waals surface area contributed by atoms with E-state index in [1.165, 1.54) is 18.3 Å². The predicted molar refractivity (Wildman–Crippen MR) is 82.1 cm³/mol. The lowest BCUT2D eigenvalue weighted by molar-refractivity contribution is -0.134. The van der Waals surface area contributed by atoms with Crippen LogP contribution in [0.25, 0.3) is 21.8 Å². The van der Waals surface area contributed by atoms with E-state index in [9.17, 15) is 18.0 Å². The van der Waals surface area contributed by atoms with Gasteiger partial charge in [-0.25, -0.2) is 0 Å². The Morgan fingerprint density at radius 2 is 1.75 bits per heavy atom. The average molecular weight is 350 g/mol. The van der Waals surface area contributed by atoms with Crippen LogP contribution in [0, 0.1) is 0 Å². The second kappa shape index (κ2) is 6.00. The highest BCUT2D eigenvalue weighted by atomic mass is 32.1. The van der Waals surface area contributed by atoms with Crippen molar-refractivity contribution in [3.63, 3.8) is 0 Å². The summed E-state index contributed by atoms with van der Waals surface area (Å²) in [6.45, 7) is 0. The van der Waals surface area contributed by atoms with Crippen molar-refractivity contribution >= 4 is 17.2 Å². The Kier molecular flexibility index (Phi) is 4.02. The van der Waals surface area contributed by atoms with Crippen LogP contribution >= 0.6 is 11.3 Å². The molecule has 0 aromatic carbocycles. The van der Waals surface area contributed by atoms with Crippen molar-refractivity contribution in [3.05, 3.63) is 53.2 Å². The fraction of sp³-hybridized carbons (Fsp3) is 0.0667. The third kappa shape index (κ3) is 3.11.